The van der Waals surface area contributed by atoms with Crippen LogP contribution in [-0.2, 0) is 0 Å². The van der Waals surface area contributed by atoms with Gasteiger partial charge in [0.05, 0.1) is 12.8 Å². The van der Waals surface area contributed by atoms with Gasteiger partial charge >= 0.3 is 0 Å². The van der Waals surface area contributed by atoms with Gasteiger partial charge in [-0.15, -0.1) is 0 Å². The van der Waals surface area contributed by atoms with E-state index in [1.54, 1.807) is 7.11 Å². The Hall–Kier alpha value is -0.740. The number of nitrogens with zero attached hydrogens (tertiary/aromatic N) is 1. The molecular weight excluding hydrogens is 291 g/mol. The van der Waals surface area contributed by atoms with E-state index in [0.29, 0.717) is 5.92 Å². The minimum Gasteiger partial charge on any atom is -0.495 e. The second-order valence-corrected chi connectivity index (χ2v) is 4.80. The van der Waals surface area contributed by atoms with E-state index in [0.717, 1.165) is 34.6 Å². The van der Waals surface area contributed by atoms with E-state index in [1.165, 1.54) is 0 Å². The van der Waals surface area contributed by atoms with Gasteiger partial charge in [0.25, 0.3) is 0 Å². The van der Waals surface area contributed by atoms with E-state index >= 15 is 0 Å². The Balaban J connectivity index is 2.21. The highest BCUT2D eigenvalue weighted by atomic mass is 79.9. The Morgan fingerprint density at radius 2 is 2.31 bits per heavy atom. The van der Waals surface area contributed by atoms with Gasteiger partial charge < -0.3 is 10.1 Å². The second kappa shape index (κ2) is 5.06. The first-order chi connectivity index (χ1) is 7.74. The standard InChI is InChI=1S/C11H12BrClN2O/c1-16-10-5-4-8(12)6-9(10)14-11(15-13)7-2-3-7/h4-7H,2-3H2,1H3,(H,14,15). The third-order valence-electron chi connectivity index (χ3n) is 2.48. The highest BCUT2D eigenvalue weighted by molar-refractivity contribution is 9.10. The number of amidine groups is 1. The van der Waals surface area contributed by atoms with E-state index in [9.17, 15) is 0 Å². The average Bonchev–Trinajstić information content (AvgIpc) is 3.10. The molecule has 16 heavy (non-hydrogen) atoms. The lowest BCUT2D eigenvalue weighted by Crippen LogP contribution is -2.14. The third kappa shape index (κ3) is 2.68. The Kier molecular flexibility index (Phi) is 3.71. The molecule has 1 fully saturated rings. The number of rotatable bonds is 3. The lowest BCUT2D eigenvalue weighted by molar-refractivity contribution is 0.417. The van der Waals surface area contributed by atoms with E-state index in [2.05, 4.69) is 25.8 Å². The van der Waals surface area contributed by atoms with Crippen molar-refractivity contribution in [2.45, 2.75) is 12.8 Å². The van der Waals surface area contributed by atoms with Crippen LogP contribution in [0.3, 0.4) is 0 Å². The molecule has 1 saturated carbocycles. The summed E-state index contributed by atoms with van der Waals surface area (Å²) in [6.45, 7) is 0. The molecule has 3 nitrogen and oxygen atoms in total. The van der Waals surface area contributed by atoms with Gasteiger partial charge in [-0.3, -0.25) is 0 Å². The van der Waals surface area contributed by atoms with Crippen molar-refractivity contribution < 1.29 is 4.74 Å². The molecule has 0 aliphatic heterocycles. The quantitative estimate of drug-likeness (QED) is 0.680. The second-order valence-electron chi connectivity index (χ2n) is 3.71. The number of methoxy groups -OCH3 is 1. The molecule has 2 rings (SSSR count). The van der Waals surface area contributed by atoms with Gasteiger partial charge in [0.15, 0.2) is 0 Å². The summed E-state index contributed by atoms with van der Waals surface area (Å²) in [6, 6.07) is 5.77. The smallest absolute Gasteiger partial charge is 0.142 e. The Labute approximate surface area is 108 Å². The number of nitrogens with one attached hydrogen (secondary N) is 1. The van der Waals surface area contributed by atoms with Crippen LogP contribution in [0, 0.1) is 5.92 Å². The van der Waals surface area contributed by atoms with E-state index < -0.39 is 0 Å². The van der Waals surface area contributed by atoms with Crippen molar-refractivity contribution in [2.24, 2.45) is 10.4 Å². The molecule has 1 aliphatic rings. The SMILES string of the molecule is COc1ccc(Br)cc1N/C(=N/Cl)C1CC1. The van der Waals surface area contributed by atoms with Crippen molar-refractivity contribution >= 4 is 39.2 Å². The highest BCUT2D eigenvalue weighted by Crippen LogP contribution is 2.34. The van der Waals surface area contributed by atoms with Gasteiger partial charge in [-0.05, 0) is 31.0 Å². The summed E-state index contributed by atoms with van der Waals surface area (Å²) in [7, 11) is 1.64. The molecule has 0 radical (unpaired) electrons. The zero-order valence-corrected chi connectivity index (χ0v) is 11.2. The van der Waals surface area contributed by atoms with Crippen molar-refractivity contribution in [3.05, 3.63) is 22.7 Å². The molecule has 0 amide bonds. The van der Waals surface area contributed by atoms with Crippen LogP contribution in [0.1, 0.15) is 12.8 Å². The molecule has 0 atom stereocenters. The van der Waals surface area contributed by atoms with Gasteiger partial charge in [0.2, 0.25) is 0 Å². The molecule has 0 unspecified atom stereocenters. The van der Waals surface area contributed by atoms with Gasteiger partial charge in [-0.25, -0.2) is 0 Å². The van der Waals surface area contributed by atoms with Crippen LogP contribution in [0.15, 0.2) is 27.2 Å². The lowest BCUT2D eigenvalue weighted by atomic mass is 10.2. The van der Waals surface area contributed by atoms with Crippen LogP contribution in [-0.4, -0.2) is 12.9 Å². The largest absolute Gasteiger partial charge is 0.495 e. The lowest BCUT2D eigenvalue weighted by Gasteiger charge is -2.12. The first kappa shape index (κ1) is 11.7. The van der Waals surface area contributed by atoms with Gasteiger partial charge in [-0.1, -0.05) is 15.9 Å². The molecule has 1 aromatic rings. The van der Waals surface area contributed by atoms with Gasteiger partial charge in [0.1, 0.15) is 11.6 Å². The highest BCUT2D eigenvalue weighted by Gasteiger charge is 2.28. The van der Waals surface area contributed by atoms with Crippen LogP contribution in [0.5, 0.6) is 5.75 Å². The maximum atomic E-state index is 5.56. The fraction of sp³-hybridized carbons (Fsp3) is 0.364. The molecule has 1 N–H and O–H groups in total. The van der Waals surface area contributed by atoms with Crippen LogP contribution in [0.25, 0.3) is 0 Å². The molecule has 0 saturated heterocycles. The van der Waals surface area contributed by atoms with Crippen molar-refractivity contribution in [3.8, 4) is 5.75 Å². The number of benzene rings is 1. The van der Waals surface area contributed by atoms with Crippen molar-refractivity contribution in [3.63, 3.8) is 0 Å². The average molecular weight is 304 g/mol. The zero-order chi connectivity index (χ0) is 11.5. The molecule has 86 valence electrons. The minimum atomic E-state index is 0.473. The first-order valence-corrected chi connectivity index (χ1v) is 6.17. The molecular formula is C11H12BrClN2O. The Morgan fingerprint density at radius 1 is 1.56 bits per heavy atom. The number of ether oxygens (including phenoxy) is 1. The van der Waals surface area contributed by atoms with Crippen LogP contribution in [0.4, 0.5) is 5.69 Å². The van der Waals surface area contributed by atoms with E-state index in [1.807, 2.05) is 18.2 Å². The predicted octanol–water partition coefficient (Wildman–Crippen LogP) is 3.83. The Bertz CT molecular complexity index is 418. The van der Waals surface area contributed by atoms with Crippen molar-refractivity contribution in [2.75, 3.05) is 12.4 Å². The van der Waals surface area contributed by atoms with Crippen LogP contribution >= 0.6 is 27.7 Å². The van der Waals surface area contributed by atoms with E-state index in [4.69, 9.17) is 16.5 Å². The maximum Gasteiger partial charge on any atom is 0.142 e. The molecule has 5 heteroatoms. The molecule has 0 heterocycles. The monoisotopic (exact) mass is 302 g/mol. The third-order valence-corrected chi connectivity index (χ3v) is 3.15. The van der Waals surface area contributed by atoms with Crippen molar-refractivity contribution in [1.29, 1.82) is 0 Å². The number of halogens is 2. The topological polar surface area (TPSA) is 33.6 Å². The predicted molar refractivity (Wildman–Crippen MR) is 70.3 cm³/mol. The van der Waals surface area contributed by atoms with Crippen molar-refractivity contribution in [1.82, 2.24) is 0 Å². The molecule has 0 bridgehead atoms. The number of anilines is 1. The Morgan fingerprint density at radius 3 is 2.88 bits per heavy atom. The summed E-state index contributed by atoms with van der Waals surface area (Å²) in [4.78, 5) is 0. The summed E-state index contributed by atoms with van der Waals surface area (Å²) in [6.07, 6.45) is 2.30. The molecule has 0 spiro atoms. The summed E-state index contributed by atoms with van der Waals surface area (Å²) in [5, 5.41) is 3.21. The summed E-state index contributed by atoms with van der Waals surface area (Å²) in [5.74, 6) is 2.07. The number of hydrogen-bond acceptors (Lipinski definition) is 2. The van der Waals surface area contributed by atoms with E-state index in [-0.39, 0.29) is 0 Å². The van der Waals surface area contributed by atoms with Crippen LogP contribution < -0.4 is 10.1 Å². The summed E-state index contributed by atoms with van der Waals surface area (Å²) in [5.41, 5.74) is 0.878. The fourth-order valence-corrected chi connectivity index (χ4v) is 2.01. The molecule has 1 aliphatic carbocycles. The molecule has 1 aromatic carbocycles. The van der Waals surface area contributed by atoms with Crippen LogP contribution in [0.2, 0.25) is 0 Å². The summed E-state index contributed by atoms with van der Waals surface area (Å²) >= 11 is 8.98. The normalized spacial score (nSPS) is 16.1. The minimum absolute atomic E-state index is 0.473. The maximum absolute atomic E-state index is 5.56. The zero-order valence-electron chi connectivity index (χ0n) is 8.84. The molecule has 0 aromatic heterocycles. The summed E-state index contributed by atoms with van der Waals surface area (Å²) < 4.78 is 10.0. The fourth-order valence-electron chi connectivity index (χ4n) is 1.46. The first-order valence-electron chi connectivity index (χ1n) is 5.04. The number of hydrogen-bond donors (Lipinski definition) is 1. The van der Waals surface area contributed by atoms with Gasteiger partial charge in [-0.2, -0.15) is 4.51 Å². The van der Waals surface area contributed by atoms with Gasteiger partial charge in [0, 0.05) is 22.2 Å².